The van der Waals surface area contributed by atoms with Gasteiger partial charge in [0.2, 0.25) is 5.91 Å². The van der Waals surface area contributed by atoms with Crippen LogP contribution in [-0.2, 0) is 14.4 Å². The van der Waals surface area contributed by atoms with Gasteiger partial charge in [-0.3, -0.25) is 9.59 Å². The summed E-state index contributed by atoms with van der Waals surface area (Å²) in [4.78, 5) is 33.5. The van der Waals surface area contributed by atoms with E-state index in [1.807, 2.05) is 0 Å². The average Bonchev–Trinajstić information content (AvgIpc) is 2.21. The van der Waals surface area contributed by atoms with Gasteiger partial charge in [-0.05, 0) is 6.42 Å². The Balaban J connectivity index is 4.47. The molecule has 0 fully saturated rings. The van der Waals surface area contributed by atoms with Crippen molar-refractivity contribution in [1.82, 2.24) is 10.2 Å². The molecule has 0 aromatic carbocycles. The molecule has 2 N–H and O–H groups in total. The predicted octanol–water partition coefficient (Wildman–Crippen LogP) is -0.0135. The van der Waals surface area contributed by atoms with Crippen LogP contribution < -0.4 is 5.32 Å². The summed E-state index contributed by atoms with van der Waals surface area (Å²) in [6.45, 7) is 0. The van der Waals surface area contributed by atoms with Crippen molar-refractivity contribution in [2.24, 2.45) is 0 Å². The molecular formula is C9H13F3N2O4. The van der Waals surface area contributed by atoms with Gasteiger partial charge in [-0.25, -0.2) is 4.79 Å². The van der Waals surface area contributed by atoms with Crippen LogP contribution in [-0.4, -0.2) is 54.1 Å². The van der Waals surface area contributed by atoms with Crippen LogP contribution in [0, 0.1) is 0 Å². The van der Waals surface area contributed by atoms with Gasteiger partial charge in [-0.1, -0.05) is 0 Å². The topological polar surface area (TPSA) is 86.7 Å². The second-order valence-electron chi connectivity index (χ2n) is 3.69. The van der Waals surface area contributed by atoms with E-state index in [2.05, 4.69) is 0 Å². The van der Waals surface area contributed by atoms with Gasteiger partial charge in [-0.2, -0.15) is 13.2 Å². The van der Waals surface area contributed by atoms with E-state index in [1.165, 1.54) is 24.3 Å². The summed E-state index contributed by atoms with van der Waals surface area (Å²) in [5.41, 5.74) is 0. The normalized spacial score (nSPS) is 12.7. The molecule has 0 saturated carbocycles. The molecule has 2 amide bonds. The lowest BCUT2D eigenvalue weighted by Gasteiger charge is -2.16. The van der Waals surface area contributed by atoms with E-state index in [0.29, 0.717) is 0 Å². The number of halogens is 3. The summed E-state index contributed by atoms with van der Waals surface area (Å²) in [5.74, 6) is -4.41. The van der Waals surface area contributed by atoms with Gasteiger partial charge in [0, 0.05) is 20.5 Å². The van der Waals surface area contributed by atoms with E-state index in [9.17, 15) is 27.6 Å². The lowest BCUT2D eigenvalue weighted by atomic mass is 10.1. The summed E-state index contributed by atoms with van der Waals surface area (Å²) in [6.07, 6.45) is -5.84. The molecule has 9 heteroatoms. The predicted molar refractivity (Wildman–Crippen MR) is 53.5 cm³/mol. The number of alkyl halides is 3. The first-order valence-corrected chi connectivity index (χ1v) is 4.86. The number of carbonyl (C=O) groups excluding carboxylic acids is 2. The van der Waals surface area contributed by atoms with Gasteiger partial charge in [-0.15, -0.1) is 0 Å². The molecule has 0 unspecified atom stereocenters. The zero-order valence-corrected chi connectivity index (χ0v) is 9.74. The quantitative estimate of drug-likeness (QED) is 0.735. The Labute approximate surface area is 101 Å². The monoisotopic (exact) mass is 270 g/mol. The van der Waals surface area contributed by atoms with E-state index in [-0.39, 0.29) is 6.42 Å². The van der Waals surface area contributed by atoms with Gasteiger partial charge >= 0.3 is 18.1 Å². The number of nitrogens with one attached hydrogen (secondary N) is 1. The first kappa shape index (κ1) is 16.2. The summed E-state index contributed by atoms with van der Waals surface area (Å²) in [7, 11) is 2.85. The molecule has 0 rings (SSSR count). The maximum absolute atomic E-state index is 11.9. The highest BCUT2D eigenvalue weighted by atomic mass is 19.4. The van der Waals surface area contributed by atoms with E-state index in [0.717, 1.165) is 0 Å². The molecule has 1 atom stereocenters. The van der Waals surface area contributed by atoms with Crippen molar-refractivity contribution in [3.05, 3.63) is 0 Å². The molecule has 0 aliphatic carbocycles. The Bertz CT molecular complexity index is 341. The summed E-state index contributed by atoms with van der Waals surface area (Å²) in [5, 5.41) is 9.95. The van der Waals surface area contributed by atoms with E-state index >= 15 is 0 Å². The number of nitrogens with zero attached hydrogens (tertiary/aromatic N) is 1. The maximum Gasteiger partial charge on any atom is 0.471 e. The van der Waals surface area contributed by atoms with Crippen molar-refractivity contribution in [2.45, 2.75) is 25.1 Å². The number of hydrogen-bond acceptors (Lipinski definition) is 3. The van der Waals surface area contributed by atoms with Crippen molar-refractivity contribution >= 4 is 17.8 Å². The van der Waals surface area contributed by atoms with Crippen LogP contribution >= 0.6 is 0 Å². The minimum absolute atomic E-state index is 0.276. The fraction of sp³-hybridized carbons (Fsp3) is 0.667. The number of amides is 2. The number of carboxylic acids is 1. The van der Waals surface area contributed by atoms with Crippen molar-refractivity contribution < 1.29 is 32.7 Å². The third-order valence-electron chi connectivity index (χ3n) is 2.01. The van der Waals surface area contributed by atoms with Crippen molar-refractivity contribution in [3.63, 3.8) is 0 Å². The molecule has 104 valence electrons. The number of aliphatic carboxylic acids is 1. The van der Waals surface area contributed by atoms with Crippen molar-refractivity contribution in [2.75, 3.05) is 14.1 Å². The van der Waals surface area contributed by atoms with Gasteiger partial charge < -0.3 is 15.3 Å². The molecule has 0 aromatic rings. The van der Waals surface area contributed by atoms with Gasteiger partial charge in [0.1, 0.15) is 6.04 Å². The lowest BCUT2D eigenvalue weighted by Crippen LogP contribution is -2.47. The summed E-state index contributed by atoms with van der Waals surface area (Å²) >= 11 is 0. The number of rotatable bonds is 5. The minimum Gasteiger partial charge on any atom is -0.480 e. The first-order valence-electron chi connectivity index (χ1n) is 4.86. The molecule has 0 radical (unpaired) electrons. The molecule has 6 nitrogen and oxygen atoms in total. The molecule has 18 heavy (non-hydrogen) atoms. The molecule has 0 aromatic heterocycles. The number of carboxylic acid groups (broad SMARTS) is 1. The third kappa shape index (κ3) is 5.51. The Morgan fingerprint density at radius 1 is 1.28 bits per heavy atom. The molecule has 0 heterocycles. The fourth-order valence-electron chi connectivity index (χ4n) is 0.989. The highest BCUT2D eigenvalue weighted by Gasteiger charge is 2.40. The molecular weight excluding hydrogens is 257 g/mol. The van der Waals surface area contributed by atoms with Crippen LogP contribution in [0.5, 0.6) is 0 Å². The maximum atomic E-state index is 11.9. The van der Waals surface area contributed by atoms with Gasteiger partial charge in [0.25, 0.3) is 0 Å². The summed E-state index contributed by atoms with van der Waals surface area (Å²) < 4.78 is 35.8. The summed E-state index contributed by atoms with van der Waals surface area (Å²) in [6, 6.07) is -1.75. The van der Waals surface area contributed by atoms with Crippen LogP contribution in [0.3, 0.4) is 0 Å². The standard InChI is InChI=1S/C9H13F3N2O4/c1-14(2)6(15)4-3-5(7(16)17)13-8(18)9(10,11)12/h5H,3-4H2,1-2H3,(H,13,18)(H,16,17)/t5-/m0/s1. The van der Waals surface area contributed by atoms with Crippen LogP contribution in [0.1, 0.15) is 12.8 Å². The van der Waals surface area contributed by atoms with Gasteiger partial charge in [0.15, 0.2) is 0 Å². The Kier molecular flexibility index (Phi) is 5.60. The largest absolute Gasteiger partial charge is 0.480 e. The van der Waals surface area contributed by atoms with Crippen LogP contribution in [0.2, 0.25) is 0 Å². The second kappa shape index (κ2) is 6.22. The van der Waals surface area contributed by atoms with Crippen molar-refractivity contribution in [3.8, 4) is 0 Å². The smallest absolute Gasteiger partial charge is 0.471 e. The molecule has 0 aliphatic heterocycles. The fourth-order valence-corrected chi connectivity index (χ4v) is 0.989. The average molecular weight is 270 g/mol. The molecule has 0 aliphatic rings. The lowest BCUT2D eigenvalue weighted by molar-refractivity contribution is -0.175. The highest BCUT2D eigenvalue weighted by molar-refractivity contribution is 5.87. The minimum atomic E-state index is -5.15. The number of hydrogen-bond donors (Lipinski definition) is 2. The molecule has 0 saturated heterocycles. The Morgan fingerprint density at radius 3 is 2.11 bits per heavy atom. The van der Waals surface area contributed by atoms with E-state index < -0.39 is 36.4 Å². The van der Waals surface area contributed by atoms with Crippen molar-refractivity contribution in [1.29, 1.82) is 0 Å². The van der Waals surface area contributed by atoms with Crippen LogP contribution in [0.15, 0.2) is 0 Å². The highest BCUT2D eigenvalue weighted by Crippen LogP contribution is 2.15. The Morgan fingerprint density at radius 2 is 1.78 bits per heavy atom. The zero-order valence-electron chi connectivity index (χ0n) is 9.74. The van der Waals surface area contributed by atoms with Crippen LogP contribution in [0.25, 0.3) is 0 Å². The Hall–Kier alpha value is -1.80. The van der Waals surface area contributed by atoms with Gasteiger partial charge in [0.05, 0.1) is 0 Å². The molecule has 0 spiro atoms. The second-order valence-corrected chi connectivity index (χ2v) is 3.69. The third-order valence-corrected chi connectivity index (χ3v) is 2.01. The number of carbonyl (C=O) groups is 3. The van der Waals surface area contributed by atoms with Crippen LogP contribution in [0.4, 0.5) is 13.2 Å². The zero-order chi connectivity index (χ0) is 14.5. The first-order chi connectivity index (χ1) is 8.05. The van der Waals surface area contributed by atoms with E-state index in [4.69, 9.17) is 5.11 Å². The SMILES string of the molecule is CN(C)C(=O)CC[C@H](NC(=O)C(F)(F)F)C(=O)O. The van der Waals surface area contributed by atoms with E-state index in [1.54, 1.807) is 0 Å². The molecule has 0 bridgehead atoms.